The molecule has 4 aromatic rings. The minimum absolute atomic E-state index is 0. The van der Waals surface area contributed by atoms with Crippen LogP contribution in [-0.4, -0.2) is 57.5 Å². The summed E-state index contributed by atoms with van der Waals surface area (Å²) in [6, 6.07) is 27.8. The van der Waals surface area contributed by atoms with Crippen molar-refractivity contribution in [1.82, 2.24) is 0 Å². The maximum absolute atomic E-state index is 12.4. The van der Waals surface area contributed by atoms with Crippen molar-refractivity contribution in [2.24, 2.45) is 23.7 Å². The van der Waals surface area contributed by atoms with Crippen LogP contribution in [0, 0.1) is 23.7 Å². The Morgan fingerprint density at radius 1 is 0.379 bits per heavy atom. The second kappa shape index (κ2) is 22.5. The fraction of sp³-hybridized carbons (Fsp3) is 0.391. The van der Waals surface area contributed by atoms with Crippen molar-refractivity contribution < 1.29 is 61.4 Å². The molecule has 312 valence electrons. The Labute approximate surface area is 341 Å². The first-order valence-electron chi connectivity index (χ1n) is 19.8. The summed E-state index contributed by atoms with van der Waals surface area (Å²) in [6.45, 7) is 0.0551. The van der Waals surface area contributed by atoms with Gasteiger partial charge in [-0.05, 0) is 135 Å². The monoisotopic (exact) mass is 800 g/mol. The number of benzene rings is 4. The van der Waals surface area contributed by atoms with Crippen molar-refractivity contribution >= 4 is 23.9 Å². The van der Waals surface area contributed by atoms with Gasteiger partial charge in [0.05, 0.1) is 36.9 Å². The number of carbonyl (C=O) groups is 4. The van der Waals surface area contributed by atoms with Gasteiger partial charge in [-0.3, -0.25) is 19.2 Å². The van der Waals surface area contributed by atoms with Crippen LogP contribution < -0.4 is 18.9 Å². The molecule has 0 radical (unpaired) electrons. The summed E-state index contributed by atoms with van der Waals surface area (Å²) in [6.07, 6.45) is 5.84. The number of esters is 4. The van der Waals surface area contributed by atoms with Gasteiger partial charge in [-0.15, -0.1) is 0 Å². The first kappa shape index (κ1) is 43.7. The van der Waals surface area contributed by atoms with Gasteiger partial charge in [0.15, 0.2) is 0 Å². The molecular weight excluding hydrogens is 744 g/mol. The van der Waals surface area contributed by atoms with Crippen LogP contribution in [0.25, 0.3) is 0 Å². The molecule has 12 nitrogen and oxygen atoms in total. The van der Waals surface area contributed by atoms with E-state index in [1.807, 2.05) is 24.3 Å². The number of aliphatic hydroxyl groups excluding tert-OH is 4. The van der Waals surface area contributed by atoms with E-state index in [4.69, 9.17) is 39.4 Å². The molecule has 4 N–H and O–H groups in total. The Balaban J connectivity index is 0.000000311. The van der Waals surface area contributed by atoms with Crippen molar-refractivity contribution in [3.05, 3.63) is 119 Å². The van der Waals surface area contributed by atoms with Crippen molar-refractivity contribution in [3.8, 4) is 23.0 Å². The molecule has 2 saturated carbocycles. The van der Waals surface area contributed by atoms with Gasteiger partial charge in [-0.25, -0.2) is 0 Å². The minimum atomic E-state index is -0.289. The molecule has 0 aromatic heterocycles. The summed E-state index contributed by atoms with van der Waals surface area (Å²) in [4.78, 5) is 49.6. The van der Waals surface area contributed by atoms with Crippen molar-refractivity contribution in [2.75, 3.05) is 13.2 Å². The predicted octanol–water partition coefficient (Wildman–Crippen LogP) is 6.55. The SMILES string of the molecule is O=C(Oc1ccc(CCO)cc1)C1CCC(C(=O)Oc2ccc(CCO)cc2)CC1.O=C(Oc1ccc(CO)cc1)C1CCC(C(=O)Oc2ccc(CO)cc2)CC1.[HH].[HH]. The molecule has 0 bridgehead atoms. The van der Waals surface area contributed by atoms with Gasteiger partial charge >= 0.3 is 23.9 Å². The van der Waals surface area contributed by atoms with Gasteiger partial charge in [-0.1, -0.05) is 48.5 Å². The molecule has 2 aliphatic rings. The molecule has 4 aromatic carbocycles. The number of hydrogen-bond donors (Lipinski definition) is 4. The molecule has 0 atom stereocenters. The number of carbonyl (C=O) groups excluding carboxylic acids is 4. The second-order valence-corrected chi connectivity index (χ2v) is 14.6. The van der Waals surface area contributed by atoms with Crippen LogP contribution in [0.3, 0.4) is 0 Å². The Morgan fingerprint density at radius 2 is 0.586 bits per heavy atom. The molecule has 58 heavy (non-hydrogen) atoms. The lowest BCUT2D eigenvalue weighted by Crippen LogP contribution is -2.30. The quantitative estimate of drug-likeness (QED) is 0.0797. The fourth-order valence-corrected chi connectivity index (χ4v) is 6.96. The minimum Gasteiger partial charge on any atom is -0.426 e. The average Bonchev–Trinajstić information content (AvgIpc) is 3.26. The van der Waals surface area contributed by atoms with Gasteiger partial charge in [-0.2, -0.15) is 0 Å². The predicted molar refractivity (Wildman–Crippen MR) is 217 cm³/mol. The van der Waals surface area contributed by atoms with Crippen LogP contribution in [0.1, 0.15) is 76.5 Å². The van der Waals surface area contributed by atoms with E-state index in [1.54, 1.807) is 72.8 Å². The van der Waals surface area contributed by atoms with Crippen molar-refractivity contribution in [2.45, 2.75) is 77.4 Å². The van der Waals surface area contributed by atoms with E-state index < -0.39 is 0 Å². The summed E-state index contributed by atoms with van der Waals surface area (Å²) in [7, 11) is 0. The maximum atomic E-state index is 12.4. The van der Waals surface area contributed by atoms with E-state index in [-0.39, 0.29) is 76.8 Å². The van der Waals surface area contributed by atoms with Crippen LogP contribution >= 0.6 is 0 Å². The molecule has 0 heterocycles. The van der Waals surface area contributed by atoms with Crippen molar-refractivity contribution in [1.29, 1.82) is 0 Å². The molecule has 0 amide bonds. The summed E-state index contributed by atoms with van der Waals surface area (Å²) in [5, 5.41) is 36.0. The first-order chi connectivity index (χ1) is 28.2. The molecule has 2 aliphatic carbocycles. The fourth-order valence-electron chi connectivity index (χ4n) is 6.96. The first-order valence-corrected chi connectivity index (χ1v) is 19.8. The van der Waals surface area contributed by atoms with Crippen LogP contribution in [0.2, 0.25) is 0 Å². The lowest BCUT2D eigenvalue weighted by Gasteiger charge is -2.25. The van der Waals surface area contributed by atoms with Gasteiger partial charge in [0.2, 0.25) is 0 Å². The highest BCUT2D eigenvalue weighted by Gasteiger charge is 2.33. The Hall–Kier alpha value is -5.40. The van der Waals surface area contributed by atoms with Crippen LogP contribution in [0.5, 0.6) is 23.0 Å². The zero-order valence-electron chi connectivity index (χ0n) is 32.5. The molecular formula is C46H56O12. The number of aliphatic hydroxyl groups is 4. The van der Waals surface area contributed by atoms with E-state index in [0.29, 0.717) is 87.2 Å². The molecule has 0 spiro atoms. The Bertz CT molecular complexity index is 1760. The van der Waals surface area contributed by atoms with E-state index in [9.17, 15) is 19.2 Å². The summed E-state index contributed by atoms with van der Waals surface area (Å²) in [5.41, 5.74) is 3.48. The van der Waals surface area contributed by atoms with Crippen LogP contribution in [0.15, 0.2) is 97.1 Å². The van der Waals surface area contributed by atoms with Gasteiger partial charge < -0.3 is 39.4 Å². The van der Waals surface area contributed by atoms with E-state index in [2.05, 4.69) is 0 Å². The molecule has 2 fully saturated rings. The Morgan fingerprint density at radius 3 is 0.776 bits per heavy atom. The number of hydrogen-bond acceptors (Lipinski definition) is 12. The zero-order chi connectivity index (χ0) is 41.3. The standard InChI is InChI=1S/C24H28O6.C22H24O6.2H2/c25-15-13-17-1-9-21(10-2-17)29-23(27)19-5-7-20(8-6-19)24(28)30-22-11-3-18(4-12-22)14-16-26;23-13-15-1-9-19(10-2-15)27-21(25)17-5-7-18(8-6-17)22(26)28-20-11-3-16(14-24)4-12-20;;/h1-4,9-12,19-20,25-26H,5-8,13-16H2;1-4,9-12,17-18,23-24H,5-8,13-14H2;2*1H. The summed E-state index contributed by atoms with van der Waals surface area (Å²) >= 11 is 0. The third-order valence-corrected chi connectivity index (χ3v) is 10.5. The van der Waals surface area contributed by atoms with Crippen LogP contribution in [0.4, 0.5) is 0 Å². The third-order valence-electron chi connectivity index (χ3n) is 10.5. The smallest absolute Gasteiger partial charge is 0.314 e. The van der Waals surface area contributed by atoms with E-state index >= 15 is 0 Å². The summed E-state index contributed by atoms with van der Waals surface area (Å²) < 4.78 is 21.8. The van der Waals surface area contributed by atoms with Gasteiger partial charge in [0.25, 0.3) is 0 Å². The highest BCUT2D eigenvalue weighted by Crippen LogP contribution is 2.33. The lowest BCUT2D eigenvalue weighted by molar-refractivity contribution is -0.145. The maximum Gasteiger partial charge on any atom is 0.314 e. The van der Waals surface area contributed by atoms with Crippen LogP contribution in [-0.2, 0) is 45.2 Å². The number of rotatable bonds is 14. The van der Waals surface area contributed by atoms with E-state index in [0.717, 1.165) is 22.3 Å². The topological polar surface area (TPSA) is 186 Å². The molecule has 6 rings (SSSR count). The Kier molecular flexibility index (Phi) is 17.0. The largest absolute Gasteiger partial charge is 0.426 e. The van der Waals surface area contributed by atoms with Gasteiger partial charge in [0, 0.05) is 16.1 Å². The molecule has 12 heteroatoms. The van der Waals surface area contributed by atoms with Crippen molar-refractivity contribution in [3.63, 3.8) is 0 Å². The number of ether oxygens (including phenoxy) is 4. The molecule has 0 unspecified atom stereocenters. The lowest BCUT2D eigenvalue weighted by atomic mass is 9.82. The average molecular weight is 801 g/mol. The molecule has 0 aliphatic heterocycles. The summed E-state index contributed by atoms with van der Waals surface area (Å²) in [5.74, 6) is -0.117. The molecule has 0 saturated heterocycles. The highest BCUT2D eigenvalue weighted by molar-refractivity contribution is 5.78. The zero-order valence-corrected chi connectivity index (χ0v) is 32.5. The normalized spacial score (nSPS) is 18.8. The third kappa shape index (κ3) is 13.3. The second-order valence-electron chi connectivity index (χ2n) is 14.6. The van der Waals surface area contributed by atoms with Gasteiger partial charge in [0.1, 0.15) is 23.0 Å². The highest BCUT2D eigenvalue weighted by atomic mass is 16.5. The van der Waals surface area contributed by atoms with E-state index in [1.165, 1.54) is 0 Å².